The number of benzene rings is 2. The summed E-state index contributed by atoms with van der Waals surface area (Å²) < 4.78 is 1.26. The van der Waals surface area contributed by atoms with E-state index in [2.05, 4.69) is 20.6 Å². The second-order valence-corrected chi connectivity index (χ2v) is 5.67. The summed E-state index contributed by atoms with van der Waals surface area (Å²) in [7, 11) is 0. The molecular weight excluding hydrogens is 318 g/mol. The van der Waals surface area contributed by atoms with Gasteiger partial charge in [-0.3, -0.25) is 9.59 Å². The maximum atomic E-state index is 12.3. The Bertz CT molecular complexity index is 1130. The molecule has 0 aliphatic carbocycles. The average molecular weight is 333 g/mol. The van der Waals surface area contributed by atoms with Crippen LogP contribution in [0.25, 0.3) is 21.8 Å². The quantitative estimate of drug-likeness (QED) is 0.594. The minimum absolute atomic E-state index is 0.190. The maximum absolute atomic E-state index is 12.3. The van der Waals surface area contributed by atoms with Crippen molar-refractivity contribution >= 4 is 27.7 Å². The van der Waals surface area contributed by atoms with Crippen molar-refractivity contribution in [3.63, 3.8) is 0 Å². The van der Waals surface area contributed by atoms with Crippen molar-refractivity contribution in [1.29, 1.82) is 0 Å². The summed E-state index contributed by atoms with van der Waals surface area (Å²) in [6.07, 6.45) is 1.83. The molecule has 25 heavy (non-hydrogen) atoms. The Labute approximate surface area is 142 Å². The summed E-state index contributed by atoms with van der Waals surface area (Å²) >= 11 is 0. The molecule has 0 saturated heterocycles. The monoisotopic (exact) mass is 333 g/mol. The molecule has 0 aliphatic rings. The molecular formula is C18H15N5O2. The van der Waals surface area contributed by atoms with E-state index in [0.29, 0.717) is 16.5 Å². The van der Waals surface area contributed by atoms with Gasteiger partial charge in [0.25, 0.3) is 11.5 Å². The van der Waals surface area contributed by atoms with Gasteiger partial charge in [0.05, 0.1) is 11.9 Å². The van der Waals surface area contributed by atoms with Crippen LogP contribution in [0.15, 0.2) is 59.5 Å². The van der Waals surface area contributed by atoms with E-state index in [-0.39, 0.29) is 24.6 Å². The molecule has 0 atom stereocenters. The average Bonchev–Trinajstić information content (AvgIpc) is 3.11. The van der Waals surface area contributed by atoms with Crippen LogP contribution in [0.2, 0.25) is 0 Å². The lowest BCUT2D eigenvalue weighted by Crippen LogP contribution is -2.32. The number of aromatic amines is 1. The van der Waals surface area contributed by atoms with E-state index >= 15 is 0 Å². The van der Waals surface area contributed by atoms with E-state index in [4.69, 9.17) is 0 Å². The van der Waals surface area contributed by atoms with Gasteiger partial charge in [0.15, 0.2) is 0 Å². The lowest BCUT2D eigenvalue weighted by molar-refractivity contribution is 0.0952. The molecule has 0 aliphatic heterocycles. The molecule has 2 aromatic carbocycles. The first kappa shape index (κ1) is 15.1. The number of hydrogen-bond donors (Lipinski definition) is 2. The van der Waals surface area contributed by atoms with Gasteiger partial charge >= 0.3 is 0 Å². The fourth-order valence-corrected chi connectivity index (χ4v) is 2.74. The topological polar surface area (TPSA) is 92.7 Å². The summed E-state index contributed by atoms with van der Waals surface area (Å²) in [4.78, 5) is 27.7. The number of nitrogens with one attached hydrogen (secondary N) is 2. The first-order valence-electron chi connectivity index (χ1n) is 7.90. The van der Waals surface area contributed by atoms with Crippen molar-refractivity contribution in [2.24, 2.45) is 0 Å². The number of carbonyl (C=O) groups is 1. The lowest BCUT2D eigenvalue weighted by atomic mass is 10.1. The second-order valence-electron chi connectivity index (χ2n) is 5.67. The molecule has 1 amide bonds. The van der Waals surface area contributed by atoms with Gasteiger partial charge in [-0.15, -0.1) is 5.10 Å². The predicted octanol–water partition coefficient (Wildman–Crippen LogP) is 1.70. The third kappa shape index (κ3) is 2.87. The summed E-state index contributed by atoms with van der Waals surface area (Å²) in [5, 5.41) is 12.2. The Balaban J connectivity index is 1.46. The summed E-state index contributed by atoms with van der Waals surface area (Å²) in [5.41, 5.74) is 1.90. The highest BCUT2D eigenvalue weighted by Crippen LogP contribution is 2.14. The van der Waals surface area contributed by atoms with Crippen molar-refractivity contribution in [2.75, 3.05) is 6.54 Å². The zero-order chi connectivity index (χ0) is 17.2. The summed E-state index contributed by atoms with van der Waals surface area (Å²) in [6, 6.07) is 14.4. The molecule has 0 fully saturated rings. The summed E-state index contributed by atoms with van der Waals surface area (Å²) in [5.74, 6) is -0.190. The molecule has 0 saturated carbocycles. The van der Waals surface area contributed by atoms with Gasteiger partial charge in [-0.25, -0.2) is 4.68 Å². The SMILES string of the molecule is O=C(NCCn1nnc2ccccc2c1=O)c1ccc2[nH]ccc2c1. The minimum atomic E-state index is -0.214. The van der Waals surface area contributed by atoms with Crippen LogP contribution in [0.1, 0.15) is 10.4 Å². The third-order valence-electron chi connectivity index (χ3n) is 4.05. The number of aromatic nitrogens is 4. The number of amides is 1. The van der Waals surface area contributed by atoms with E-state index in [1.54, 1.807) is 24.3 Å². The maximum Gasteiger partial charge on any atom is 0.277 e. The molecule has 4 rings (SSSR count). The van der Waals surface area contributed by atoms with Crippen LogP contribution in [0.5, 0.6) is 0 Å². The molecule has 0 radical (unpaired) electrons. The fraction of sp³-hybridized carbons (Fsp3) is 0.111. The van der Waals surface area contributed by atoms with Gasteiger partial charge < -0.3 is 10.3 Å². The molecule has 2 heterocycles. The van der Waals surface area contributed by atoms with Crippen molar-refractivity contribution in [1.82, 2.24) is 25.3 Å². The van der Waals surface area contributed by atoms with E-state index in [1.807, 2.05) is 30.5 Å². The molecule has 2 aromatic heterocycles. The highest BCUT2D eigenvalue weighted by Gasteiger charge is 2.08. The van der Waals surface area contributed by atoms with Crippen molar-refractivity contribution in [3.05, 3.63) is 70.6 Å². The van der Waals surface area contributed by atoms with Crippen molar-refractivity contribution in [3.8, 4) is 0 Å². The number of H-pyrrole nitrogens is 1. The Kier molecular flexibility index (Phi) is 3.74. The highest BCUT2D eigenvalue weighted by atomic mass is 16.2. The van der Waals surface area contributed by atoms with Gasteiger partial charge in [0.1, 0.15) is 5.52 Å². The predicted molar refractivity (Wildman–Crippen MR) is 94.4 cm³/mol. The number of nitrogens with zero attached hydrogens (tertiary/aromatic N) is 3. The number of carbonyl (C=O) groups excluding carboxylic acids is 1. The molecule has 7 heteroatoms. The van der Waals surface area contributed by atoms with Crippen LogP contribution in [0.3, 0.4) is 0 Å². The Hall–Kier alpha value is -3.48. The Morgan fingerprint density at radius 3 is 2.96 bits per heavy atom. The summed E-state index contributed by atoms with van der Waals surface area (Å²) in [6.45, 7) is 0.547. The van der Waals surface area contributed by atoms with Crippen LogP contribution in [0.4, 0.5) is 0 Å². The molecule has 0 bridgehead atoms. The normalized spacial score (nSPS) is 11.0. The number of rotatable bonds is 4. The van der Waals surface area contributed by atoms with Gasteiger partial charge in [0, 0.05) is 29.2 Å². The molecule has 4 aromatic rings. The number of fused-ring (bicyclic) bond motifs is 2. The Morgan fingerprint density at radius 1 is 1.16 bits per heavy atom. The highest BCUT2D eigenvalue weighted by molar-refractivity contribution is 5.98. The lowest BCUT2D eigenvalue weighted by Gasteiger charge is -2.07. The van der Waals surface area contributed by atoms with Crippen LogP contribution >= 0.6 is 0 Å². The second kappa shape index (κ2) is 6.20. The van der Waals surface area contributed by atoms with E-state index in [0.717, 1.165) is 10.9 Å². The van der Waals surface area contributed by atoms with Crippen LogP contribution in [0, 0.1) is 0 Å². The van der Waals surface area contributed by atoms with Crippen molar-refractivity contribution < 1.29 is 4.79 Å². The fourth-order valence-electron chi connectivity index (χ4n) is 2.74. The minimum Gasteiger partial charge on any atom is -0.361 e. The van der Waals surface area contributed by atoms with Crippen LogP contribution in [-0.2, 0) is 6.54 Å². The first-order valence-corrected chi connectivity index (χ1v) is 7.90. The smallest absolute Gasteiger partial charge is 0.277 e. The zero-order valence-corrected chi connectivity index (χ0v) is 13.3. The molecule has 124 valence electrons. The van der Waals surface area contributed by atoms with Crippen LogP contribution in [-0.4, -0.2) is 32.4 Å². The number of hydrogen-bond acceptors (Lipinski definition) is 4. The standard InChI is InChI=1S/C18H15N5O2/c24-17(13-5-6-15-12(11-13)7-8-19-15)20-9-10-23-18(25)14-3-1-2-4-16(14)21-22-23/h1-8,11,19H,9-10H2,(H,20,24). The van der Waals surface area contributed by atoms with E-state index < -0.39 is 0 Å². The van der Waals surface area contributed by atoms with Gasteiger partial charge in [-0.2, -0.15) is 0 Å². The third-order valence-corrected chi connectivity index (χ3v) is 4.05. The van der Waals surface area contributed by atoms with Crippen molar-refractivity contribution in [2.45, 2.75) is 6.54 Å². The molecule has 0 spiro atoms. The van der Waals surface area contributed by atoms with Gasteiger partial charge in [0.2, 0.25) is 0 Å². The van der Waals surface area contributed by atoms with Crippen LogP contribution < -0.4 is 10.9 Å². The zero-order valence-electron chi connectivity index (χ0n) is 13.3. The molecule has 0 unspecified atom stereocenters. The first-order chi connectivity index (χ1) is 12.2. The van der Waals surface area contributed by atoms with Gasteiger partial charge in [-0.1, -0.05) is 17.3 Å². The largest absolute Gasteiger partial charge is 0.361 e. The molecule has 2 N–H and O–H groups in total. The van der Waals surface area contributed by atoms with E-state index in [1.165, 1.54) is 4.68 Å². The van der Waals surface area contributed by atoms with Gasteiger partial charge in [-0.05, 0) is 36.4 Å². The molecule has 7 nitrogen and oxygen atoms in total. The van der Waals surface area contributed by atoms with E-state index in [9.17, 15) is 9.59 Å². The Morgan fingerprint density at radius 2 is 2.04 bits per heavy atom.